The van der Waals surface area contributed by atoms with Crippen LogP contribution >= 0.6 is 57.3 Å². The van der Waals surface area contributed by atoms with E-state index in [1.165, 1.54) is 11.8 Å². The summed E-state index contributed by atoms with van der Waals surface area (Å²) in [5, 5.41) is 10.4. The first-order valence-corrected chi connectivity index (χ1v) is 13.1. The van der Waals surface area contributed by atoms with E-state index < -0.39 is 0 Å². The lowest BCUT2D eigenvalue weighted by Gasteiger charge is -2.15. The fourth-order valence-corrected chi connectivity index (χ4v) is 6.01. The number of rotatable bonds is 8. The number of hydrogen-bond donors (Lipinski definition) is 0. The number of fused-ring (bicyclic) bond motifs is 1. The fraction of sp³-hybridized carbons (Fsp3) is 0.120. The number of hydrogen-bond acceptors (Lipinski definition) is 6. The van der Waals surface area contributed by atoms with Crippen LogP contribution in [0, 0.1) is 14.9 Å². The Morgan fingerprint density at radius 2 is 1.97 bits per heavy atom. The molecule has 0 fully saturated rings. The number of nitrogens with zero attached hydrogens (tertiary/aromatic N) is 2. The Labute approximate surface area is 219 Å². The topological polar surface area (TPSA) is 55.1 Å². The van der Waals surface area contributed by atoms with Gasteiger partial charge in [0.25, 0.3) is 0 Å². The summed E-state index contributed by atoms with van der Waals surface area (Å²) in [5.41, 5.74) is 2.70. The average molecular weight is 605 g/mol. The van der Waals surface area contributed by atoms with Crippen molar-refractivity contribution >= 4 is 73.6 Å². The Hall–Kier alpha value is -2.25. The summed E-state index contributed by atoms with van der Waals surface area (Å²) in [6, 6.07) is 21.7. The molecule has 0 aliphatic heterocycles. The third-order valence-corrected chi connectivity index (χ3v) is 7.74. The predicted molar refractivity (Wildman–Crippen MR) is 145 cm³/mol. The molecular weight excluding hydrogens is 587 g/mol. The largest absolute Gasteiger partial charge is 0.490 e. The Balaban J connectivity index is 1.59. The first kappa shape index (κ1) is 23.9. The van der Waals surface area contributed by atoms with E-state index in [1.54, 1.807) is 11.3 Å². The van der Waals surface area contributed by atoms with Crippen LogP contribution in [0.3, 0.4) is 0 Å². The molecule has 0 N–H and O–H groups in total. The lowest BCUT2D eigenvalue weighted by Crippen LogP contribution is -2.02. The van der Waals surface area contributed by atoms with Gasteiger partial charge in [-0.3, -0.25) is 0 Å². The molecule has 0 aliphatic rings. The Bertz CT molecular complexity index is 1330. The van der Waals surface area contributed by atoms with Gasteiger partial charge in [0.15, 0.2) is 15.8 Å². The summed E-state index contributed by atoms with van der Waals surface area (Å²) in [5.74, 6) is 1.29. The first-order chi connectivity index (χ1) is 16.1. The van der Waals surface area contributed by atoms with Gasteiger partial charge in [-0.2, -0.15) is 5.26 Å². The van der Waals surface area contributed by atoms with Crippen LogP contribution in [-0.2, 0) is 6.61 Å². The van der Waals surface area contributed by atoms with Gasteiger partial charge in [0.2, 0.25) is 0 Å². The number of nitriles is 1. The smallest absolute Gasteiger partial charge is 0.175 e. The van der Waals surface area contributed by atoms with Crippen LogP contribution in [0.4, 0.5) is 0 Å². The molecule has 0 amide bonds. The highest BCUT2D eigenvalue weighted by atomic mass is 127. The number of para-hydroxylation sites is 1. The lowest BCUT2D eigenvalue weighted by atomic mass is 10.2. The number of ether oxygens (including phenoxy) is 2. The van der Waals surface area contributed by atoms with Crippen LogP contribution < -0.4 is 9.47 Å². The van der Waals surface area contributed by atoms with Crippen molar-refractivity contribution in [1.82, 2.24) is 4.98 Å². The maximum atomic E-state index is 9.72. The maximum Gasteiger partial charge on any atom is 0.175 e. The molecule has 1 heterocycles. The molecule has 4 nitrogen and oxygen atoms in total. The molecule has 33 heavy (non-hydrogen) atoms. The van der Waals surface area contributed by atoms with Crippen LogP contribution in [0.25, 0.3) is 16.3 Å². The van der Waals surface area contributed by atoms with Gasteiger partial charge >= 0.3 is 0 Å². The molecule has 0 unspecified atom stereocenters. The molecule has 0 saturated heterocycles. The zero-order valence-corrected chi connectivity index (χ0v) is 22.1. The molecule has 0 saturated carbocycles. The highest BCUT2D eigenvalue weighted by molar-refractivity contribution is 14.1. The van der Waals surface area contributed by atoms with Crippen LogP contribution in [0.1, 0.15) is 18.1 Å². The van der Waals surface area contributed by atoms with E-state index in [4.69, 9.17) is 21.1 Å². The summed E-state index contributed by atoms with van der Waals surface area (Å²) in [4.78, 5) is 5.17. The minimum atomic E-state index is 0.335. The molecular formula is C25H18ClIN2O2S2. The Morgan fingerprint density at radius 3 is 2.73 bits per heavy atom. The van der Waals surface area contributed by atoms with Gasteiger partial charge in [-0.1, -0.05) is 41.9 Å². The molecule has 1 aromatic heterocycles. The van der Waals surface area contributed by atoms with Gasteiger partial charge < -0.3 is 9.47 Å². The minimum Gasteiger partial charge on any atom is -0.490 e. The predicted octanol–water partition coefficient (Wildman–Crippen LogP) is 8.19. The lowest BCUT2D eigenvalue weighted by molar-refractivity contribution is 0.267. The van der Waals surface area contributed by atoms with Crippen molar-refractivity contribution in [2.75, 3.05) is 6.61 Å². The molecule has 166 valence electrons. The summed E-state index contributed by atoms with van der Waals surface area (Å²) >= 11 is 11.4. The number of thiazole rings is 1. The third kappa shape index (κ3) is 6.01. The zero-order valence-electron chi connectivity index (χ0n) is 17.5. The van der Waals surface area contributed by atoms with Crippen LogP contribution in [0.5, 0.6) is 11.5 Å². The van der Waals surface area contributed by atoms with Crippen molar-refractivity contribution < 1.29 is 9.47 Å². The van der Waals surface area contributed by atoms with Gasteiger partial charge in [0.1, 0.15) is 12.7 Å². The van der Waals surface area contributed by atoms with Crippen LogP contribution in [0.15, 0.2) is 69.9 Å². The van der Waals surface area contributed by atoms with Gasteiger partial charge in [0, 0.05) is 10.6 Å². The normalized spacial score (nSPS) is 11.4. The van der Waals surface area contributed by atoms with Gasteiger partial charge in [0.05, 0.1) is 25.3 Å². The SMILES string of the molecule is CCOc1cc(/C=C(\C#N)Sc2nc3ccccc3s2)cc(I)c1OCc1ccccc1Cl. The molecule has 0 bridgehead atoms. The van der Waals surface area contributed by atoms with Crippen molar-refractivity contribution in [3.05, 3.63) is 85.3 Å². The zero-order chi connectivity index (χ0) is 23.2. The Kier molecular flexibility index (Phi) is 8.15. The minimum absolute atomic E-state index is 0.335. The molecule has 4 rings (SSSR count). The average Bonchev–Trinajstić information content (AvgIpc) is 3.22. The van der Waals surface area contributed by atoms with Gasteiger partial charge in [-0.05, 0) is 83.2 Å². The summed E-state index contributed by atoms with van der Waals surface area (Å²) in [6.45, 7) is 2.76. The van der Waals surface area contributed by atoms with Crippen molar-refractivity contribution in [2.45, 2.75) is 17.9 Å². The quantitative estimate of drug-likeness (QED) is 0.115. The standard InChI is InChI=1S/C25H18ClIN2O2S2/c1-2-30-22-13-16(12-20(27)24(22)31-15-17-7-3-4-8-19(17)26)11-18(14-28)32-25-29-21-9-5-6-10-23(21)33-25/h3-13H,2,15H2,1H3/b18-11+. The van der Waals surface area contributed by atoms with Crippen molar-refractivity contribution in [3.63, 3.8) is 0 Å². The van der Waals surface area contributed by atoms with Crippen molar-refractivity contribution in [1.29, 1.82) is 5.26 Å². The molecule has 4 aromatic rings. The molecule has 0 radical (unpaired) electrons. The van der Waals surface area contributed by atoms with E-state index >= 15 is 0 Å². The maximum absolute atomic E-state index is 9.72. The van der Waals surface area contributed by atoms with E-state index in [9.17, 15) is 5.26 Å². The van der Waals surface area contributed by atoms with Crippen molar-refractivity contribution in [3.8, 4) is 17.6 Å². The molecule has 8 heteroatoms. The van der Waals surface area contributed by atoms with E-state index in [2.05, 4.69) is 33.6 Å². The van der Waals surface area contributed by atoms with E-state index in [0.29, 0.717) is 34.6 Å². The van der Waals surface area contributed by atoms with Crippen LogP contribution in [-0.4, -0.2) is 11.6 Å². The van der Waals surface area contributed by atoms with E-state index in [1.807, 2.05) is 73.7 Å². The van der Waals surface area contributed by atoms with Crippen LogP contribution in [0.2, 0.25) is 5.02 Å². The summed E-state index contributed by atoms with van der Waals surface area (Å²) < 4.78 is 14.8. The molecule has 0 aliphatic carbocycles. The van der Waals surface area contributed by atoms with Gasteiger partial charge in [-0.15, -0.1) is 11.3 Å². The second kappa shape index (κ2) is 11.3. The summed E-state index contributed by atoms with van der Waals surface area (Å²) in [6.07, 6.45) is 1.85. The fourth-order valence-electron chi connectivity index (χ4n) is 3.06. The van der Waals surface area contributed by atoms with Crippen molar-refractivity contribution in [2.24, 2.45) is 0 Å². The second-order valence-corrected chi connectivity index (χ2v) is 10.7. The molecule has 0 atom stereocenters. The monoisotopic (exact) mass is 604 g/mol. The van der Waals surface area contributed by atoms with E-state index in [-0.39, 0.29) is 0 Å². The number of aromatic nitrogens is 1. The molecule has 0 spiro atoms. The number of thioether (sulfide) groups is 1. The molecule has 3 aromatic carbocycles. The first-order valence-electron chi connectivity index (χ1n) is 10.0. The summed E-state index contributed by atoms with van der Waals surface area (Å²) in [7, 11) is 0. The number of benzene rings is 3. The second-order valence-electron chi connectivity index (χ2n) is 6.81. The Morgan fingerprint density at radius 1 is 1.18 bits per heavy atom. The third-order valence-electron chi connectivity index (χ3n) is 4.54. The number of allylic oxidation sites excluding steroid dienone is 1. The van der Waals surface area contributed by atoms with Gasteiger partial charge in [-0.25, -0.2) is 4.98 Å². The highest BCUT2D eigenvalue weighted by Gasteiger charge is 2.14. The number of halogens is 2. The highest BCUT2D eigenvalue weighted by Crippen LogP contribution is 2.38. The van der Waals surface area contributed by atoms with E-state index in [0.717, 1.165) is 29.3 Å².